The average Bonchev–Trinajstić information content (AvgIpc) is 3.34. The van der Waals surface area contributed by atoms with Crippen LogP contribution in [0, 0.1) is 0 Å². The van der Waals surface area contributed by atoms with Gasteiger partial charge in [0.25, 0.3) is 0 Å². The number of nitrogens with two attached hydrogens (primary N) is 4. The summed E-state index contributed by atoms with van der Waals surface area (Å²) in [6.07, 6.45) is -0.560. The summed E-state index contributed by atoms with van der Waals surface area (Å²) in [7, 11) is 0. The molecule has 13 nitrogen and oxygen atoms in total. The Morgan fingerprint density at radius 2 is 2.05 bits per heavy atom. The molecule has 37 heavy (non-hydrogen) atoms. The SMILES string of the molecule is CC(O)CO.NCc1nc2c(-c3ccc(SNCC4CNCCN4)c(N)c3/C(N)=N/NN)cccc2[nH]1. The minimum atomic E-state index is -0.560. The first-order valence-electron chi connectivity index (χ1n) is 11.9. The van der Waals surface area contributed by atoms with Gasteiger partial charge >= 0.3 is 0 Å². The number of nitrogens with one attached hydrogen (secondary N) is 5. The van der Waals surface area contributed by atoms with E-state index in [0.29, 0.717) is 29.7 Å². The number of hydrazine groups is 1. The monoisotopic (exact) mass is 531 g/mol. The van der Waals surface area contributed by atoms with Gasteiger partial charge in [-0.2, -0.15) is 0 Å². The number of aliphatic hydroxyl groups excluding tert-OH is 2. The van der Waals surface area contributed by atoms with Gasteiger partial charge in [-0.15, -0.1) is 5.10 Å². The minimum absolute atomic E-state index is 0.139. The number of aromatic nitrogens is 2. The summed E-state index contributed by atoms with van der Waals surface area (Å²) in [5.74, 6) is 6.29. The van der Waals surface area contributed by atoms with Gasteiger partial charge in [0, 0.05) is 42.7 Å². The topological polar surface area (TPSA) is 234 Å². The first-order chi connectivity index (χ1) is 17.9. The van der Waals surface area contributed by atoms with Crippen LogP contribution in [0.1, 0.15) is 18.3 Å². The van der Waals surface area contributed by atoms with Crippen LogP contribution in [0.4, 0.5) is 5.69 Å². The Morgan fingerprint density at radius 1 is 1.27 bits per heavy atom. The van der Waals surface area contributed by atoms with Crippen molar-refractivity contribution in [1.29, 1.82) is 0 Å². The lowest BCUT2D eigenvalue weighted by Crippen LogP contribution is -2.51. The second-order valence-electron chi connectivity index (χ2n) is 8.45. The summed E-state index contributed by atoms with van der Waals surface area (Å²) in [4.78, 5) is 8.71. The van der Waals surface area contributed by atoms with Gasteiger partial charge in [0.05, 0.1) is 41.5 Å². The highest BCUT2D eigenvalue weighted by Gasteiger charge is 2.20. The lowest BCUT2D eigenvalue weighted by atomic mass is 9.96. The molecule has 15 N–H and O–H groups in total. The number of fused-ring (bicyclic) bond motifs is 1. The molecule has 0 saturated carbocycles. The second kappa shape index (κ2) is 14.1. The molecule has 1 aliphatic rings. The Labute approximate surface area is 219 Å². The molecule has 0 spiro atoms. The van der Waals surface area contributed by atoms with E-state index in [-0.39, 0.29) is 12.4 Å². The van der Waals surface area contributed by atoms with Gasteiger partial charge in [0.2, 0.25) is 0 Å². The highest BCUT2D eigenvalue weighted by Crippen LogP contribution is 2.36. The minimum Gasteiger partial charge on any atom is -0.397 e. The van der Waals surface area contributed by atoms with Crippen molar-refractivity contribution < 1.29 is 10.2 Å². The number of imidazole rings is 1. The van der Waals surface area contributed by atoms with Gasteiger partial charge in [0.1, 0.15) is 5.82 Å². The number of benzene rings is 2. The molecule has 0 radical (unpaired) electrons. The first kappa shape index (κ1) is 28.6. The predicted octanol–water partition coefficient (Wildman–Crippen LogP) is -1.13. The predicted molar refractivity (Wildman–Crippen MR) is 149 cm³/mol. The molecule has 1 saturated heterocycles. The zero-order valence-electron chi connectivity index (χ0n) is 20.8. The summed E-state index contributed by atoms with van der Waals surface area (Å²) in [6, 6.07) is 10.2. The van der Waals surface area contributed by atoms with Crippen molar-refractivity contribution in [3.8, 4) is 11.1 Å². The van der Waals surface area contributed by atoms with E-state index in [1.165, 1.54) is 18.9 Å². The molecule has 0 bridgehead atoms. The van der Waals surface area contributed by atoms with Crippen LogP contribution in [0.25, 0.3) is 22.2 Å². The molecule has 2 heterocycles. The van der Waals surface area contributed by atoms with Gasteiger partial charge < -0.3 is 43.0 Å². The van der Waals surface area contributed by atoms with Gasteiger partial charge in [-0.05, 0) is 36.6 Å². The van der Waals surface area contributed by atoms with Crippen LogP contribution in [0.2, 0.25) is 0 Å². The number of rotatable bonds is 9. The van der Waals surface area contributed by atoms with Gasteiger partial charge in [-0.3, -0.25) is 4.72 Å². The van der Waals surface area contributed by atoms with E-state index in [4.69, 9.17) is 33.3 Å². The summed E-state index contributed by atoms with van der Waals surface area (Å²) >= 11 is 1.46. The fourth-order valence-electron chi connectivity index (χ4n) is 3.79. The molecular weight excluding hydrogens is 494 g/mol. The van der Waals surface area contributed by atoms with Gasteiger partial charge in [-0.1, -0.05) is 18.2 Å². The molecule has 202 valence electrons. The maximum Gasteiger partial charge on any atom is 0.154 e. The standard InChI is InChI=1S/C20H29N11S.C3H8O2/c21-8-16-28-14-3-1-2-13(19(14)29-16)12-4-5-15(18(22)17(12)20(23)30-31-24)32-27-10-11-9-25-6-7-26-11;1-3(5)2-4/h1-5,11,25-27,31H,6-10,21-22,24H2,(H2,23,30)(H,28,29);3-5H,2H2,1H3. The number of nitrogens with zero attached hydrogens (tertiary/aromatic N) is 2. The smallest absolute Gasteiger partial charge is 0.154 e. The highest BCUT2D eigenvalue weighted by molar-refractivity contribution is 7.97. The van der Waals surface area contributed by atoms with E-state index in [1.807, 2.05) is 30.3 Å². The molecule has 1 fully saturated rings. The second-order valence-corrected chi connectivity index (χ2v) is 9.39. The zero-order valence-corrected chi connectivity index (χ0v) is 21.6. The van der Waals surface area contributed by atoms with E-state index in [1.54, 1.807) is 0 Å². The summed E-state index contributed by atoms with van der Waals surface area (Å²) in [5, 5.41) is 26.8. The number of nitrogen functional groups attached to an aromatic ring is 1. The van der Waals surface area contributed by atoms with Crippen LogP contribution in [0.3, 0.4) is 0 Å². The van der Waals surface area contributed by atoms with Crippen molar-refractivity contribution >= 4 is 34.5 Å². The Hall–Kier alpha value is -2.95. The number of hydrogen-bond donors (Lipinski definition) is 11. The molecule has 2 unspecified atom stereocenters. The number of hydrazone groups is 1. The fraction of sp³-hybridized carbons (Fsp3) is 0.391. The molecule has 3 aromatic rings. The number of piperazine rings is 1. The van der Waals surface area contributed by atoms with Crippen molar-refractivity contribution in [2.75, 3.05) is 38.5 Å². The number of amidine groups is 1. The third-order valence-electron chi connectivity index (χ3n) is 5.59. The Balaban J connectivity index is 0.000000695. The molecule has 1 aliphatic heterocycles. The normalized spacial score (nSPS) is 16.8. The summed E-state index contributed by atoms with van der Waals surface area (Å²) < 4.78 is 3.39. The van der Waals surface area contributed by atoms with Crippen LogP contribution in [-0.4, -0.2) is 70.9 Å². The first-order valence-corrected chi connectivity index (χ1v) is 12.7. The molecule has 2 aromatic carbocycles. The Kier molecular flexibility index (Phi) is 10.9. The van der Waals surface area contributed by atoms with Crippen molar-refractivity contribution in [3.63, 3.8) is 0 Å². The van der Waals surface area contributed by atoms with E-state index >= 15 is 0 Å². The van der Waals surface area contributed by atoms with E-state index in [0.717, 1.165) is 53.2 Å². The molecule has 14 heteroatoms. The number of hydrogen-bond acceptors (Lipinski definition) is 12. The number of H-pyrrole nitrogens is 1. The molecule has 4 rings (SSSR count). The van der Waals surface area contributed by atoms with E-state index in [9.17, 15) is 0 Å². The van der Waals surface area contributed by atoms with E-state index < -0.39 is 6.10 Å². The van der Waals surface area contributed by atoms with Crippen LogP contribution >= 0.6 is 11.9 Å². The largest absolute Gasteiger partial charge is 0.397 e. The van der Waals surface area contributed by atoms with Crippen molar-refractivity contribution in [3.05, 3.63) is 41.7 Å². The Bertz CT molecular complexity index is 1180. The summed E-state index contributed by atoms with van der Waals surface area (Å²) in [5.41, 5.74) is 25.3. The van der Waals surface area contributed by atoms with Crippen LogP contribution < -0.4 is 43.9 Å². The highest BCUT2D eigenvalue weighted by atomic mass is 32.2. The number of aromatic amines is 1. The quantitative estimate of drug-likeness (QED) is 0.0393. The van der Waals surface area contributed by atoms with Crippen molar-refractivity contribution in [2.24, 2.45) is 22.4 Å². The molecule has 0 aliphatic carbocycles. The fourth-order valence-corrected chi connectivity index (χ4v) is 4.58. The molecule has 0 amide bonds. The van der Waals surface area contributed by atoms with E-state index in [2.05, 4.69) is 36.0 Å². The van der Waals surface area contributed by atoms with Crippen LogP contribution in [0.5, 0.6) is 0 Å². The average molecular weight is 532 g/mol. The number of para-hydroxylation sites is 1. The molecular formula is C23H37N11O2S. The van der Waals surface area contributed by atoms with Gasteiger partial charge in [0.15, 0.2) is 5.84 Å². The lowest BCUT2D eigenvalue weighted by molar-refractivity contribution is 0.110. The molecule has 1 aromatic heterocycles. The molecule has 2 atom stereocenters. The maximum atomic E-state index is 8.11. The number of anilines is 1. The summed E-state index contributed by atoms with van der Waals surface area (Å²) in [6.45, 7) is 5.37. The van der Waals surface area contributed by atoms with Gasteiger partial charge in [-0.25, -0.2) is 16.4 Å². The zero-order chi connectivity index (χ0) is 26.8. The third kappa shape index (κ3) is 7.53. The lowest BCUT2D eigenvalue weighted by Gasteiger charge is -2.24. The third-order valence-corrected chi connectivity index (χ3v) is 6.48. The van der Waals surface area contributed by atoms with Crippen LogP contribution in [0.15, 0.2) is 40.3 Å². The maximum absolute atomic E-state index is 8.11. The Morgan fingerprint density at radius 3 is 2.70 bits per heavy atom. The van der Waals surface area contributed by atoms with Crippen molar-refractivity contribution in [2.45, 2.75) is 30.5 Å². The number of aliphatic hydroxyl groups is 2. The van der Waals surface area contributed by atoms with Crippen LogP contribution in [-0.2, 0) is 6.54 Å². The van der Waals surface area contributed by atoms with Crippen molar-refractivity contribution in [1.82, 2.24) is 30.9 Å².